The average molecular weight is 212 g/mol. The molecule has 0 aliphatic carbocycles. The zero-order valence-corrected chi connectivity index (χ0v) is 9.90. The Kier molecular flexibility index (Phi) is 11.9. The summed E-state index contributed by atoms with van der Waals surface area (Å²) < 4.78 is 22.8. The average Bonchev–Trinajstić information content (AvgIpc) is 2.05. The van der Waals surface area contributed by atoms with Gasteiger partial charge in [-0.3, -0.25) is 13.9 Å². The molecule has 0 aliphatic heterocycles. The fraction of sp³-hybridized carbons (Fsp3) is 0. The number of benzene rings is 1. The Morgan fingerprint density at radius 2 is 1.62 bits per heavy atom. The minimum atomic E-state index is -2.61. The van der Waals surface area contributed by atoms with Crippen molar-refractivity contribution in [3.05, 3.63) is 35.9 Å². The van der Waals surface area contributed by atoms with E-state index in [-0.39, 0.29) is 31.0 Å². The molecule has 0 saturated heterocycles. The summed E-state index contributed by atoms with van der Waals surface area (Å²) in [7, 11) is 0. The molecule has 1 rings (SSSR count). The smallest absolute Gasteiger partial charge is 1.00 e. The van der Waals surface area contributed by atoms with Gasteiger partial charge in [0, 0.05) is 5.56 Å². The van der Waals surface area contributed by atoms with E-state index in [0.29, 0.717) is 0 Å². The maximum Gasteiger partial charge on any atom is 1.00 e. The van der Waals surface area contributed by atoms with Crippen LogP contribution < -0.4 is 29.6 Å². The molecule has 0 atom stereocenters. The van der Waals surface area contributed by atoms with Crippen molar-refractivity contribution in [1.82, 2.24) is 0 Å². The van der Waals surface area contributed by atoms with Crippen molar-refractivity contribution in [2.45, 2.75) is 0 Å². The fourth-order valence-electron chi connectivity index (χ4n) is 0.532. The molecular formula is C7H9NaO4S. The van der Waals surface area contributed by atoms with Gasteiger partial charge in [-0.1, -0.05) is 30.3 Å². The number of carbonyl (C=O) groups excluding carboxylic acids is 1. The first-order valence-corrected chi connectivity index (χ1v) is 4.03. The fourth-order valence-corrected chi connectivity index (χ4v) is 0.532. The quantitative estimate of drug-likeness (QED) is 0.330. The molecule has 2 N–H and O–H groups in total. The molecule has 0 saturated carbocycles. The Labute approximate surface area is 102 Å². The largest absolute Gasteiger partial charge is 1.00 e. The predicted molar refractivity (Wildman–Crippen MR) is 46.3 cm³/mol. The summed E-state index contributed by atoms with van der Waals surface area (Å²) in [5, 5.41) is 0. The number of hydrogen-bond acceptors (Lipinski definition) is 2. The van der Waals surface area contributed by atoms with Gasteiger partial charge in [0.2, 0.25) is 0 Å². The van der Waals surface area contributed by atoms with Gasteiger partial charge < -0.3 is 1.43 Å². The van der Waals surface area contributed by atoms with Gasteiger partial charge in [0.25, 0.3) is 11.4 Å². The minimum Gasteiger partial charge on any atom is -1.00 e. The van der Waals surface area contributed by atoms with Crippen molar-refractivity contribution < 1.29 is 49.1 Å². The molecule has 0 aromatic heterocycles. The summed E-state index contributed by atoms with van der Waals surface area (Å²) in [5.74, 6) is 0. The molecular weight excluding hydrogens is 203 g/mol. The number of carbonyl (C=O) groups is 1. The third kappa shape index (κ3) is 12.0. The molecule has 0 amide bonds. The van der Waals surface area contributed by atoms with Crippen LogP contribution >= 0.6 is 0 Å². The molecule has 0 bridgehead atoms. The molecule has 68 valence electrons. The van der Waals surface area contributed by atoms with E-state index in [2.05, 4.69) is 0 Å². The predicted octanol–water partition coefficient (Wildman–Crippen LogP) is -1.70. The number of hydrogen-bond donors (Lipinski definition) is 2. The molecule has 0 radical (unpaired) electrons. The van der Waals surface area contributed by atoms with Crippen molar-refractivity contribution in [1.29, 1.82) is 0 Å². The van der Waals surface area contributed by atoms with Crippen molar-refractivity contribution in [2.24, 2.45) is 0 Å². The van der Waals surface area contributed by atoms with E-state index < -0.39 is 11.4 Å². The van der Waals surface area contributed by atoms with Crippen LogP contribution in [0.2, 0.25) is 0 Å². The molecule has 13 heavy (non-hydrogen) atoms. The van der Waals surface area contributed by atoms with E-state index in [1.165, 1.54) is 0 Å². The third-order valence-corrected chi connectivity index (χ3v) is 0.936. The second-order valence-electron chi connectivity index (χ2n) is 1.76. The Hall–Kier alpha value is -0.0400. The first-order valence-electron chi connectivity index (χ1n) is 2.97. The molecule has 4 nitrogen and oxygen atoms in total. The molecule has 0 aliphatic rings. The molecule has 1 aromatic rings. The van der Waals surface area contributed by atoms with Crippen LogP contribution in [0, 0.1) is 0 Å². The van der Waals surface area contributed by atoms with E-state index in [9.17, 15) is 4.79 Å². The Morgan fingerprint density at radius 3 is 1.85 bits per heavy atom. The van der Waals surface area contributed by atoms with Crippen molar-refractivity contribution >= 4 is 17.6 Å². The molecule has 0 unspecified atom stereocenters. The Morgan fingerprint density at radius 1 is 1.23 bits per heavy atom. The number of rotatable bonds is 1. The van der Waals surface area contributed by atoms with Crippen LogP contribution in [0.5, 0.6) is 0 Å². The van der Waals surface area contributed by atoms with Gasteiger partial charge in [-0.2, -0.15) is 4.21 Å². The van der Waals surface area contributed by atoms with E-state index >= 15 is 0 Å². The van der Waals surface area contributed by atoms with Crippen molar-refractivity contribution in [2.75, 3.05) is 0 Å². The van der Waals surface area contributed by atoms with Crippen LogP contribution in [0.15, 0.2) is 30.3 Å². The van der Waals surface area contributed by atoms with Crippen LogP contribution in [0.1, 0.15) is 11.8 Å². The second kappa shape index (κ2) is 10.0. The number of aldehydes is 1. The van der Waals surface area contributed by atoms with Crippen molar-refractivity contribution in [3.63, 3.8) is 0 Å². The first kappa shape index (κ1) is 15.4. The van der Waals surface area contributed by atoms with Gasteiger partial charge >= 0.3 is 29.6 Å². The van der Waals surface area contributed by atoms with Crippen LogP contribution in [0.25, 0.3) is 0 Å². The maximum atomic E-state index is 10.0. The van der Waals surface area contributed by atoms with Gasteiger partial charge in [-0.05, 0) is 0 Å². The van der Waals surface area contributed by atoms with Crippen LogP contribution in [0.4, 0.5) is 0 Å². The van der Waals surface area contributed by atoms with Gasteiger partial charge in [0.1, 0.15) is 6.29 Å². The summed E-state index contributed by atoms with van der Waals surface area (Å²) in [6.07, 6.45) is 0.833. The summed E-state index contributed by atoms with van der Waals surface area (Å²) in [4.78, 5) is 10.0. The molecule has 0 heterocycles. The molecule has 0 spiro atoms. The zero-order valence-electron chi connectivity index (χ0n) is 8.08. The van der Waals surface area contributed by atoms with Gasteiger partial charge in [0.15, 0.2) is 0 Å². The molecule has 0 fully saturated rings. The molecule has 1 aromatic carbocycles. The van der Waals surface area contributed by atoms with Crippen LogP contribution in [0.3, 0.4) is 0 Å². The summed E-state index contributed by atoms with van der Waals surface area (Å²) in [5.41, 5.74) is 0.729. The standard InChI is InChI=1S/C7H6O.Na.H2O3S.H/c8-6-7-4-2-1-3-5-7;;1-4(2)3;/h1-6H;;(H2,1,2,3);/q;+1;;-1. The SMILES string of the molecule is O=Cc1ccccc1.O=S(O)O.[H-].[Na+]. The summed E-state index contributed by atoms with van der Waals surface area (Å²) in [6, 6.07) is 9.10. The van der Waals surface area contributed by atoms with E-state index in [1.807, 2.05) is 18.2 Å². The zero-order chi connectivity index (χ0) is 9.40. The first-order chi connectivity index (χ1) is 5.66. The summed E-state index contributed by atoms with van der Waals surface area (Å²) >= 11 is -2.61. The van der Waals surface area contributed by atoms with Crippen LogP contribution in [-0.4, -0.2) is 19.6 Å². The van der Waals surface area contributed by atoms with Crippen LogP contribution in [-0.2, 0) is 11.4 Å². The van der Waals surface area contributed by atoms with E-state index in [0.717, 1.165) is 11.8 Å². The second-order valence-corrected chi connectivity index (χ2v) is 2.22. The molecule has 6 heteroatoms. The Balaban J connectivity index is -0.000000180. The van der Waals surface area contributed by atoms with Gasteiger partial charge in [0.05, 0.1) is 0 Å². The monoisotopic (exact) mass is 212 g/mol. The Bertz CT molecular complexity index is 253. The third-order valence-electron chi connectivity index (χ3n) is 0.936. The van der Waals surface area contributed by atoms with E-state index in [1.54, 1.807) is 12.1 Å². The van der Waals surface area contributed by atoms with Gasteiger partial charge in [-0.25, -0.2) is 0 Å². The van der Waals surface area contributed by atoms with E-state index in [4.69, 9.17) is 13.3 Å². The topological polar surface area (TPSA) is 74.6 Å². The normalized spacial score (nSPS) is 7.92. The maximum absolute atomic E-state index is 10.0. The summed E-state index contributed by atoms with van der Waals surface area (Å²) in [6.45, 7) is 0. The van der Waals surface area contributed by atoms with Gasteiger partial charge in [-0.15, -0.1) is 0 Å². The van der Waals surface area contributed by atoms with Crippen molar-refractivity contribution in [3.8, 4) is 0 Å². The minimum absolute atomic E-state index is 0.